The van der Waals surface area contributed by atoms with Crippen molar-refractivity contribution >= 4 is 21.8 Å². The predicted molar refractivity (Wildman–Crippen MR) is 80.2 cm³/mol. The van der Waals surface area contributed by atoms with Crippen LogP contribution in [0.5, 0.6) is 0 Å². The summed E-state index contributed by atoms with van der Waals surface area (Å²) in [5.74, 6) is 0.806. The number of halogens is 1. The number of nitrogens with zero attached hydrogens (tertiary/aromatic N) is 2. The molecule has 0 radical (unpaired) electrons. The van der Waals surface area contributed by atoms with Crippen molar-refractivity contribution in [3.63, 3.8) is 0 Å². The molecule has 2 fully saturated rings. The number of alkyl halides is 1. The van der Waals surface area contributed by atoms with Crippen LogP contribution in [0.3, 0.4) is 0 Å². The topological polar surface area (TPSA) is 49.9 Å². The van der Waals surface area contributed by atoms with Crippen molar-refractivity contribution in [2.45, 2.75) is 38.2 Å². The van der Waals surface area contributed by atoms with Crippen LogP contribution in [0, 0.1) is 5.92 Å². The standard InChI is InChI=1S/C13H25ClN2O3S/c1-13(19-2)6-4-8-16(11-13)20(17,18)15-7-3-5-12(9-14)10-15/h12H,3-11H2,1-2H3. The Hall–Kier alpha value is 0.120. The first-order valence-electron chi connectivity index (χ1n) is 7.27. The largest absolute Gasteiger partial charge is 0.377 e. The fourth-order valence-corrected chi connectivity index (χ4v) is 5.18. The third kappa shape index (κ3) is 3.47. The van der Waals surface area contributed by atoms with Crippen molar-refractivity contribution in [2.75, 3.05) is 39.2 Å². The molecule has 0 amide bonds. The zero-order valence-electron chi connectivity index (χ0n) is 12.3. The van der Waals surface area contributed by atoms with E-state index in [9.17, 15) is 8.42 Å². The van der Waals surface area contributed by atoms with Gasteiger partial charge in [-0.3, -0.25) is 0 Å². The third-order valence-corrected chi connectivity index (χ3v) is 6.85. The first kappa shape index (κ1) is 16.5. The SMILES string of the molecule is COC1(C)CCCN(S(=O)(=O)N2CCCC(CCl)C2)C1. The average Bonchev–Trinajstić information content (AvgIpc) is 2.47. The number of hydrogen-bond donors (Lipinski definition) is 0. The van der Waals surface area contributed by atoms with Gasteiger partial charge in [0.25, 0.3) is 10.2 Å². The molecule has 0 spiro atoms. The molecular formula is C13H25ClN2O3S. The minimum Gasteiger partial charge on any atom is -0.377 e. The van der Waals surface area contributed by atoms with Crippen LogP contribution in [0.1, 0.15) is 32.6 Å². The average molecular weight is 325 g/mol. The molecule has 0 aromatic rings. The zero-order chi connectivity index (χ0) is 14.8. The molecule has 2 atom stereocenters. The van der Waals surface area contributed by atoms with E-state index in [4.69, 9.17) is 16.3 Å². The summed E-state index contributed by atoms with van der Waals surface area (Å²) in [6.07, 6.45) is 3.66. The maximum Gasteiger partial charge on any atom is 0.282 e. The van der Waals surface area contributed by atoms with Gasteiger partial charge >= 0.3 is 0 Å². The molecule has 0 aliphatic carbocycles. The minimum atomic E-state index is -3.38. The summed E-state index contributed by atoms with van der Waals surface area (Å²) < 4.78 is 34.2. The van der Waals surface area contributed by atoms with E-state index >= 15 is 0 Å². The van der Waals surface area contributed by atoms with E-state index in [1.807, 2.05) is 6.92 Å². The van der Waals surface area contributed by atoms with E-state index in [2.05, 4.69) is 0 Å². The van der Waals surface area contributed by atoms with Crippen molar-refractivity contribution in [3.05, 3.63) is 0 Å². The van der Waals surface area contributed by atoms with Gasteiger partial charge in [0.1, 0.15) is 0 Å². The summed E-state index contributed by atoms with van der Waals surface area (Å²) in [6.45, 7) is 4.16. The Morgan fingerprint density at radius 3 is 2.65 bits per heavy atom. The van der Waals surface area contributed by atoms with E-state index in [0.29, 0.717) is 32.1 Å². The van der Waals surface area contributed by atoms with Gasteiger partial charge in [0.2, 0.25) is 0 Å². The maximum absolute atomic E-state index is 12.8. The Morgan fingerprint density at radius 1 is 1.30 bits per heavy atom. The van der Waals surface area contributed by atoms with Crippen LogP contribution < -0.4 is 0 Å². The second-order valence-corrected chi connectivity index (χ2v) is 8.36. The number of hydrogen-bond acceptors (Lipinski definition) is 3. The van der Waals surface area contributed by atoms with Crippen LogP contribution in [0.25, 0.3) is 0 Å². The Morgan fingerprint density at radius 2 is 2.00 bits per heavy atom. The summed E-state index contributed by atoms with van der Waals surface area (Å²) in [4.78, 5) is 0. The first-order chi connectivity index (χ1) is 9.41. The molecule has 0 aromatic carbocycles. The third-order valence-electron chi connectivity index (χ3n) is 4.47. The van der Waals surface area contributed by atoms with Gasteiger partial charge in [0, 0.05) is 39.2 Å². The van der Waals surface area contributed by atoms with Crippen LogP contribution in [-0.2, 0) is 14.9 Å². The lowest BCUT2D eigenvalue weighted by atomic mass is 9.96. The monoisotopic (exact) mass is 324 g/mol. The fraction of sp³-hybridized carbons (Fsp3) is 1.00. The van der Waals surface area contributed by atoms with E-state index < -0.39 is 10.2 Å². The molecule has 0 aromatic heterocycles. The summed E-state index contributed by atoms with van der Waals surface area (Å²) in [7, 11) is -1.73. The van der Waals surface area contributed by atoms with Crippen molar-refractivity contribution < 1.29 is 13.2 Å². The van der Waals surface area contributed by atoms with Gasteiger partial charge in [-0.15, -0.1) is 11.6 Å². The van der Waals surface area contributed by atoms with E-state index in [1.54, 1.807) is 15.7 Å². The Kier molecular flexibility index (Phi) is 5.34. The summed E-state index contributed by atoms with van der Waals surface area (Å²) in [5, 5.41) is 0. The summed E-state index contributed by atoms with van der Waals surface area (Å²) in [5.41, 5.74) is -0.368. The molecule has 2 unspecified atom stereocenters. The highest BCUT2D eigenvalue weighted by molar-refractivity contribution is 7.86. The maximum atomic E-state index is 12.8. The van der Waals surface area contributed by atoms with E-state index in [0.717, 1.165) is 25.7 Å². The molecule has 2 heterocycles. The van der Waals surface area contributed by atoms with Crippen molar-refractivity contribution in [1.29, 1.82) is 0 Å². The molecule has 0 N–H and O–H groups in total. The second kappa shape index (κ2) is 6.48. The van der Waals surface area contributed by atoms with Crippen LogP contribution >= 0.6 is 11.6 Å². The van der Waals surface area contributed by atoms with Gasteiger partial charge in [-0.1, -0.05) is 0 Å². The highest BCUT2D eigenvalue weighted by Crippen LogP contribution is 2.28. The fourth-order valence-electron chi connectivity index (χ4n) is 3.05. The highest BCUT2D eigenvalue weighted by atomic mass is 35.5. The number of methoxy groups -OCH3 is 1. The van der Waals surface area contributed by atoms with Gasteiger partial charge in [-0.05, 0) is 38.5 Å². The lowest BCUT2D eigenvalue weighted by Gasteiger charge is -2.41. The van der Waals surface area contributed by atoms with Gasteiger partial charge in [-0.25, -0.2) is 0 Å². The number of ether oxygens (including phenoxy) is 1. The molecule has 2 saturated heterocycles. The van der Waals surface area contributed by atoms with Gasteiger partial charge < -0.3 is 4.74 Å². The molecule has 0 bridgehead atoms. The van der Waals surface area contributed by atoms with Crippen molar-refractivity contribution in [3.8, 4) is 0 Å². The van der Waals surface area contributed by atoms with Crippen LogP contribution in [-0.4, -0.2) is 61.8 Å². The summed E-state index contributed by atoms with van der Waals surface area (Å²) >= 11 is 5.89. The predicted octanol–water partition coefficient (Wildman–Crippen LogP) is 1.68. The van der Waals surface area contributed by atoms with Crippen LogP contribution in [0.4, 0.5) is 0 Å². The van der Waals surface area contributed by atoms with E-state index in [-0.39, 0.29) is 11.5 Å². The lowest BCUT2D eigenvalue weighted by molar-refractivity contribution is -0.0332. The van der Waals surface area contributed by atoms with Gasteiger partial charge in [0.05, 0.1) is 5.60 Å². The molecular weight excluding hydrogens is 300 g/mol. The van der Waals surface area contributed by atoms with Gasteiger partial charge in [-0.2, -0.15) is 17.0 Å². The molecule has 5 nitrogen and oxygen atoms in total. The molecule has 7 heteroatoms. The molecule has 20 heavy (non-hydrogen) atoms. The quantitative estimate of drug-likeness (QED) is 0.739. The Labute approximate surface area is 127 Å². The minimum absolute atomic E-state index is 0.277. The molecule has 118 valence electrons. The number of rotatable bonds is 4. The lowest BCUT2D eigenvalue weighted by Crippen LogP contribution is -2.55. The Bertz CT molecular complexity index is 431. The Balaban J connectivity index is 2.09. The molecule has 2 aliphatic rings. The normalized spacial score (nSPS) is 34.2. The van der Waals surface area contributed by atoms with Crippen LogP contribution in [0.2, 0.25) is 0 Å². The molecule has 2 aliphatic heterocycles. The zero-order valence-corrected chi connectivity index (χ0v) is 13.9. The first-order valence-corrected chi connectivity index (χ1v) is 9.21. The second-order valence-electron chi connectivity index (χ2n) is 6.12. The van der Waals surface area contributed by atoms with Gasteiger partial charge in [0.15, 0.2) is 0 Å². The van der Waals surface area contributed by atoms with Crippen molar-refractivity contribution in [2.24, 2.45) is 5.92 Å². The molecule has 2 rings (SSSR count). The van der Waals surface area contributed by atoms with Crippen molar-refractivity contribution in [1.82, 2.24) is 8.61 Å². The number of piperidine rings is 2. The van der Waals surface area contributed by atoms with Crippen LogP contribution in [0.15, 0.2) is 0 Å². The summed E-state index contributed by atoms with van der Waals surface area (Å²) in [6, 6.07) is 0. The smallest absolute Gasteiger partial charge is 0.282 e. The highest BCUT2D eigenvalue weighted by Gasteiger charge is 2.40. The van der Waals surface area contributed by atoms with E-state index in [1.165, 1.54) is 0 Å². The molecule has 0 saturated carbocycles.